The Balaban J connectivity index is 1.55. The average molecular weight is 303 g/mol. The molecule has 0 radical (unpaired) electrons. The lowest BCUT2D eigenvalue weighted by atomic mass is 10.1. The van der Waals surface area contributed by atoms with Crippen LogP contribution in [0.15, 0.2) is 74.9 Å². The third kappa shape index (κ3) is 1.95. The first kappa shape index (κ1) is 12.5. The SMILES string of the molecule is c1coc(C2CC(c3cc4c(ccc5ccccc54)o3)=NO2)c1. The van der Waals surface area contributed by atoms with Gasteiger partial charge in [0.1, 0.15) is 17.1 Å². The van der Waals surface area contributed by atoms with E-state index >= 15 is 0 Å². The van der Waals surface area contributed by atoms with Crippen molar-refractivity contribution < 1.29 is 13.7 Å². The number of rotatable bonds is 2. The van der Waals surface area contributed by atoms with E-state index in [4.69, 9.17) is 13.7 Å². The third-order valence-corrected chi connectivity index (χ3v) is 4.24. The van der Waals surface area contributed by atoms with Crippen molar-refractivity contribution in [3.8, 4) is 0 Å². The summed E-state index contributed by atoms with van der Waals surface area (Å²) in [4.78, 5) is 5.48. The lowest BCUT2D eigenvalue weighted by molar-refractivity contribution is 0.0689. The van der Waals surface area contributed by atoms with Gasteiger partial charge in [-0.2, -0.15) is 0 Å². The maximum Gasteiger partial charge on any atom is 0.190 e. The van der Waals surface area contributed by atoms with Crippen LogP contribution in [-0.2, 0) is 4.84 Å². The molecule has 0 saturated heterocycles. The van der Waals surface area contributed by atoms with E-state index in [1.54, 1.807) is 6.26 Å². The molecule has 2 aromatic heterocycles. The summed E-state index contributed by atoms with van der Waals surface area (Å²) in [5.41, 5.74) is 1.68. The van der Waals surface area contributed by atoms with Crippen molar-refractivity contribution >= 4 is 27.5 Å². The molecule has 1 atom stereocenters. The molecule has 3 heterocycles. The van der Waals surface area contributed by atoms with Crippen LogP contribution in [0, 0.1) is 0 Å². The average Bonchev–Trinajstić information content (AvgIpc) is 3.32. The predicted molar refractivity (Wildman–Crippen MR) is 87.4 cm³/mol. The second kappa shape index (κ2) is 4.74. The Hall–Kier alpha value is -3.01. The van der Waals surface area contributed by atoms with Gasteiger partial charge in [-0.3, -0.25) is 0 Å². The Kier molecular flexibility index (Phi) is 2.58. The van der Waals surface area contributed by atoms with Crippen LogP contribution in [0.2, 0.25) is 0 Å². The molecule has 5 rings (SSSR count). The number of hydrogen-bond acceptors (Lipinski definition) is 4. The van der Waals surface area contributed by atoms with Crippen LogP contribution in [0.1, 0.15) is 24.0 Å². The summed E-state index contributed by atoms with van der Waals surface area (Å²) in [6.45, 7) is 0. The molecule has 0 saturated carbocycles. The molecule has 1 aliphatic heterocycles. The van der Waals surface area contributed by atoms with Gasteiger partial charge in [0.15, 0.2) is 11.9 Å². The van der Waals surface area contributed by atoms with Gasteiger partial charge in [0.25, 0.3) is 0 Å². The number of fused-ring (bicyclic) bond motifs is 3. The van der Waals surface area contributed by atoms with Crippen LogP contribution in [0.4, 0.5) is 0 Å². The van der Waals surface area contributed by atoms with E-state index in [9.17, 15) is 0 Å². The van der Waals surface area contributed by atoms with Gasteiger partial charge in [-0.1, -0.05) is 35.5 Å². The first-order valence-corrected chi connectivity index (χ1v) is 7.56. The summed E-state index contributed by atoms with van der Waals surface area (Å²) in [6.07, 6.45) is 2.11. The van der Waals surface area contributed by atoms with Gasteiger partial charge in [0, 0.05) is 11.8 Å². The first-order valence-electron chi connectivity index (χ1n) is 7.56. The number of oxime groups is 1. The van der Waals surface area contributed by atoms with Crippen LogP contribution in [0.25, 0.3) is 21.7 Å². The highest BCUT2D eigenvalue weighted by molar-refractivity contribution is 6.10. The molecule has 0 N–H and O–H groups in total. The van der Waals surface area contributed by atoms with Gasteiger partial charge in [0.2, 0.25) is 0 Å². The van der Waals surface area contributed by atoms with E-state index in [2.05, 4.69) is 23.4 Å². The van der Waals surface area contributed by atoms with Crippen molar-refractivity contribution in [2.45, 2.75) is 12.5 Å². The van der Waals surface area contributed by atoms with Crippen LogP contribution >= 0.6 is 0 Å². The summed E-state index contributed by atoms with van der Waals surface area (Å²) >= 11 is 0. The molecule has 4 heteroatoms. The van der Waals surface area contributed by atoms with Crippen LogP contribution in [0.5, 0.6) is 0 Å². The maximum atomic E-state index is 5.98. The molecule has 0 fully saturated rings. The zero-order chi connectivity index (χ0) is 15.2. The molecule has 0 amide bonds. The molecule has 23 heavy (non-hydrogen) atoms. The maximum absolute atomic E-state index is 5.98. The van der Waals surface area contributed by atoms with Crippen LogP contribution < -0.4 is 0 Å². The molecule has 0 bridgehead atoms. The van der Waals surface area contributed by atoms with E-state index < -0.39 is 0 Å². The normalized spacial score (nSPS) is 17.6. The highest BCUT2D eigenvalue weighted by Crippen LogP contribution is 2.33. The summed E-state index contributed by atoms with van der Waals surface area (Å²) < 4.78 is 11.4. The Morgan fingerprint density at radius 3 is 2.83 bits per heavy atom. The van der Waals surface area contributed by atoms with Crippen molar-refractivity contribution in [2.75, 3.05) is 0 Å². The fourth-order valence-corrected chi connectivity index (χ4v) is 3.08. The Morgan fingerprint density at radius 2 is 1.91 bits per heavy atom. The van der Waals surface area contributed by atoms with Crippen molar-refractivity contribution in [1.82, 2.24) is 0 Å². The lowest BCUT2D eigenvalue weighted by Gasteiger charge is -2.02. The van der Waals surface area contributed by atoms with Crippen molar-refractivity contribution in [3.63, 3.8) is 0 Å². The van der Waals surface area contributed by atoms with E-state index in [1.165, 1.54) is 10.8 Å². The minimum absolute atomic E-state index is 0.176. The van der Waals surface area contributed by atoms with Gasteiger partial charge in [-0.25, -0.2) is 0 Å². The third-order valence-electron chi connectivity index (χ3n) is 4.24. The molecule has 1 unspecified atom stereocenters. The second-order valence-corrected chi connectivity index (χ2v) is 5.66. The fraction of sp³-hybridized carbons (Fsp3) is 0.105. The fourth-order valence-electron chi connectivity index (χ4n) is 3.08. The van der Waals surface area contributed by atoms with Crippen molar-refractivity contribution in [3.05, 3.63) is 72.4 Å². The quantitative estimate of drug-likeness (QED) is 0.521. The van der Waals surface area contributed by atoms with Crippen molar-refractivity contribution in [1.29, 1.82) is 0 Å². The molecule has 4 aromatic rings. The van der Waals surface area contributed by atoms with Gasteiger partial charge >= 0.3 is 0 Å². The molecule has 112 valence electrons. The first-order chi connectivity index (χ1) is 11.4. The minimum atomic E-state index is -0.176. The zero-order valence-corrected chi connectivity index (χ0v) is 12.2. The van der Waals surface area contributed by atoms with Crippen LogP contribution in [-0.4, -0.2) is 5.71 Å². The summed E-state index contributed by atoms with van der Waals surface area (Å²) in [5.74, 6) is 1.54. The molecule has 1 aliphatic rings. The van der Waals surface area contributed by atoms with Gasteiger partial charge in [-0.15, -0.1) is 0 Å². The van der Waals surface area contributed by atoms with Gasteiger partial charge in [0.05, 0.1) is 6.26 Å². The van der Waals surface area contributed by atoms with Crippen LogP contribution in [0.3, 0.4) is 0 Å². The molecule has 2 aromatic carbocycles. The van der Waals surface area contributed by atoms with Gasteiger partial charge in [-0.05, 0) is 35.0 Å². The molecular formula is C19H13NO3. The minimum Gasteiger partial charge on any atom is -0.465 e. The van der Waals surface area contributed by atoms with E-state index in [1.807, 2.05) is 36.4 Å². The number of benzene rings is 2. The molecular weight excluding hydrogens is 290 g/mol. The van der Waals surface area contributed by atoms with E-state index in [0.29, 0.717) is 6.42 Å². The number of nitrogens with zero attached hydrogens (tertiary/aromatic N) is 1. The standard InChI is InChI=1S/C19H13NO3/c1-2-5-13-12(4-1)7-8-16-14(13)10-18(22-16)15-11-19(23-20-15)17-6-3-9-21-17/h1-10,19H,11H2. The molecule has 0 aliphatic carbocycles. The largest absolute Gasteiger partial charge is 0.465 e. The number of furan rings is 2. The number of hydrogen-bond donors (Lipinski definition) is 0. The Labute approximate surface area is 131 Å². The highest BCUT2D eigenvalue weighted by atomic mass is 16.6. The summed E-state index contributed by atoms with van der Waals surface area (Å²) in [7, 11) is 0. The lowest BCUT2D eigenvalue weighted by Crippen LogP contribution is -1.99. The smallest absolute Gasteiger partial charge is 0.190 e. The summed E-state index contributed by atoms with van der Waals surface area (Å²) in [5, 5.41) is 7.66. The summed E-state index contributed by atoms with van der Waals surface area (Å²) in [6, 6.07) is 18.2. The Bertz CT molecular complexity index is 1030. The Morgan fingerprint density at radius 1 is 0.957 bits per heavy atom. The monoisotopic (exact) mass is 303 g/mol. The highest BCUT2D eigenvalue weighted by Gasteiger charge is 2.28. The molecule has 0 spiro atoms. The second-order valence-electron chi connectivity index (χ2n) is 5.66. The zero-order valence-electron chi connectivity index (χ0n) is 12.2. The van der Waals surface area contributed by atoms with E-state index in [0.717, 1.165) is 28.2 Å². The van der Waals surface area contributed by atoms with E-state index in [-0.39, 0.29) is 6.10 Å². The van der Waals surface area contributed by atoms with Crippen molar-refractivity contribution in [2.24, 2.45) is 5.16 Å². The molecule has 4 nitrogen and oxygen atoms in total. The predicted octanol–water partition coefficient (Wildman–Crippen LogP) is 5.04. The van der Waals surface area contributed by atoms with Gasteiger partial charge < -0.3 is 13.7 Å². The topological polar surface area (TPSA) is 47.9 Å².